The number of aryl methyl sites for hydroxylation is 2. The maximum atomic E-state index is 12.5. The first-order valence-corrected chi connectivity index (χ1v) is 33.1. The molecule has 25 nitrogen and oxygen atoms in total. The van der Waals surface area contributed by atoms with Crippen LogP contribution < -0.4 is 14.2 Å². The third-order valence-electron chi connectivity index (χ3n) is 12.8. The first-order chi connectivity index (χ1) is 49.4. The van der Waals surface area contributed by atoms with Gasteiger partial charge in [-0.25, -0.2) is 9.59 Å². The summed E-state index contributed by atoms with van der Waals surface area (Å²) in [5.41, 5.74) is 3.28. The SMILES string of the molecule is C=O.C=O.C=O.C=O.C=O.C=O.C=O.CCCCCCCCc1ccc(OCCOCCOCCOCCOCCOCCOCCOCCOCCOCCOC(=O)c2ccc(Oc3ccc(C(=O)OCCOc4ccc(C)cc4)cc3)cc2)cc1.O=CCCCCCCCCCC=O. The summed E-state index contributed by atoms with van der Waals surface area (Å²) < 4.78 is 77.7. The van der Waals surface area contributed by atoms with Crippen LogP contribution in [-0.4, -0.2) is 217 Å². The number of aldehydes is 2. The second-order valence-electron chi connectivity index (χ2n) is 20.0. The molecule has 4 aromatic carbocycles. The van der Waals surface area contributed by atoms with Crippen LogP contribution in [0.4, 0.5) is 0 Å². The lowest BCUT2D eigenvalue weighted by Crippen LogP contribution is -2.15. The Bertz CT molecular complexity index is 2320. The topological polar surface area (TPSA) is 317 Å². The predicted molar refractivity (Wildman–Crippen MR) is 380 cm³/mol. The van der Waals surface area contributed by atoms with Crippen LogP contribution in [0.3, 0.4) is 0 Å². The highest BCUT2D eigenvalue weighted by molar-refractivity contribution is 5.90. The fourth-order valence-electron chi connectivity index (χ4n) is 8.02. The first kappa shape index (κ1) is 101. The van der Waals surface area contributed by atoms with E-state index in [-0.39, 0.29) is 26.4 Å². The molecule has 0 N–H and O–H groups in total. The van der Waals surface area contributed by atoms with Gasteiger partial charge in [-0.2, -0.15) is 0 Å². The van der Waals surface area contributed by atoms with Crippen LogP contribution in [0.1, 0.15) is 135 Å². The summed E-state index contributed by atoms with van der Waals surface area (Å²) in [4.78, 5) is 101. The van der Waals surface area contributed by atoms with Crippen LogP contribution in [0.25, 0.3) is 0 Å². The molecule has 0 saturated carbocycles. The number of ether oxygens (including phenoxy) is 14. The zero-order chi connectivity index (χ0) is 75.3. The van der Waals surface area contributed by atoms with Crippen LogP contribution in [0, 0.1) is 6.92 Å². The first-order valence-electron chi connectivity index (χ1n) is 33.1. The van der Waals surface area contributed by atoms with Crippen molar-refractivity contribution < 1.29 is 119 Å². The van der Waals surface area contributed by atoms with Gasteiger partial charge in [0.1, 0.15) is 110 Å². The largest absolute Gasteiger partial charge is 0.491 e. The molecule has 0 bridgehead atoms. The van der Waals surface area contributed by atoms with E-state index in [1.807, 2.05) is 90.8 Å². The molecule has 0 radical (unpaired) electrons. The van der Waals surface area contributed by atoms with Crippen molar-refractivity contribution in [3.05, 3.63) is 119 Å². The third kappa shape index (κ3) is 67.1. The zero-order valence-corrected chi connectivity index (χ0v) is 59.4. The second-order valence-corrected chi connectivity index (χ2v) is 20.0. The lowest BCUT2D eigenvalue weighted by atomic mass is 10.0. The number of carbonyl (C=O) groups is 11. The van der Waals surface area contributed by atoms with E-state index < -0.39 is 11.9 Å². The maximum Gasteiger partial charge on any atom is 0.338 e. The summed E-state index contributed by atoms with van der Waals surface area (Å²) in [6.45, 7) is 27.4. The standard InChI is InChI=1S/C57H80O16.C11H20O2.7CH2O/c1-3-4-5-6-7-8-9-49-12-20-53(21-13-49)69-44-42-67-40-38-65-36-34-63-32-30-61-28-26-60-27-29-62-31-33-64-35-37-66-39-41-68-43-45-71-56(58)50-14-22-54(23-15-50)73-55-24-16-51(17-25-55)57(59)72-47-46-70-52-18-10-48(2)11-19-52;12-10-8-6-4-2-1-3-5-7-9-11-13;7*1-2/h10-25H,3-9,26-47H2,1-2H3;10-11H,1-9H2;7*1H2. The molecule has 0 saturated heterocycles. The van der Waals surface area contributed by atoms with Gasteiger partial charge in [0.2, 0.25) is 0 Å². The van der Waals surface area contributed by atoms with E-state index >= 15 is 0 Å². The van der Waals surface area contributed by atoms with Crippen molar-refractivity contribution in [2.45, 2.75) is 117 Å². The van der Waals surface area contributed by atoms with Crippen LogP contribution in [0.15, 0.2) is 97.1 Å². The van der Waals surface area contributed by atoms with E-state index in [2.05, 4.69) is 19.1 Å². The fourth-order valence-corrected chi connectivity index (χ4v) is 8.02. The summed E-state index contributed by atoms with van der Waals surface area (Å²) >= 11 is 0. The van der Waals surface area contributed by atoms with Gasteiger partial charge in [-0.1, -0.05) is 101 Å². The molecule has 0 amide bonds. The Morgan fingerprint density at radius 1 is 0.300 bits per heavy atom. The molecule has 0 fully saturated rings. The van der Waals surface area contributed by atoms with Crippen molar-refractivity contribution in [1.82, 2.24) is 0 Å². The van der Waals surface area contributed by atoms with E-state index in [0.717, 1.165) is 48.9 Å². The molecule has 0 unspecified atom stereocenters. The van der Waals surface area contributed by atoms with Gasteiger partial charge in [-0.15, -0.1) is 0 Å². The van der Waals surface area contributed by atoms with E-state index in [1.165, 1.54) is 76.2 Å². The molecule has 4 rings (SSSR count). The molecule has 25 heteroatoms. The summed E-state index contributed by atoms with van der Waals surface area (Å²) in [7, 11) is 0. The number of benzene rings is 4. The normalized spacial score (nSPS) is 9.70. The van der Waals surface area contributed by atoms with Crippen LogP contribution in [0.5, 0.6) is 23.0 Å². The number of rotatable bonds is 56. The molecule has 0 aromatic heterocycles. The fraction of sp³-hybridized carbons (Fsp3) is 0.533. The molecular formula is C75H114O25. The van der Waals surface area contributed by atoms with Gasteiger partial charge >= 0.3 is 11.9 Å². The number of unbranched alkanes of at least 4 members (excludes halogenated alkanes) is 13. The Hall–Kier alpha value is -8.11. The molecule has 0 heterocycles. The van der Waals surface area contributed by atoms with E-state index in [9.17, 15) is 19.2 Å². The highest BCUT2D eigenvalue weighted by Gasteiger charge is 2.11. The Morgan fingerprint density at radius 3 is 0.870 bits per heavy atom. The highest BCUT2D eigenvalue weighted by Crippen LogP contribution is 2.23. The molecule has 0 spiro atoms. The van der Waals surface area contributed by atoms with Gasteiger partial charge in [0.25, 0.3) is 0 Å². The molecule has 4 aromatic rings. The van der Waals surface area contributed by atoms with Crippen LogP contribution >= 0.6 is 0 Å². The average Bonchev–Trinajstić information content (AvgIpc) is 0.883. The van der Waals surface area contributed by atoms with Gasteiger partial charge in [-0.05, 0) is 111 Å². The Kier molecular flexibility index (Phi) is 87.5. The van der Waals surface area contributed by atoms with Gasteiger partial charge in [0.05, 0.1) is 130 Å². The molecule has 0 atom stereocenters. The molecule has 0 aliphatic rings. The zero-order valence-electron chi connectivity index (χ0n) is 59.4. The molecule has 0 aliphatic carbocycles. The number of hydrogen-bond donors (Lipinski definition) is 0. The average molecular weight is 1420 g/mol. The van der Waals surface area contributed by atoms with Crippen molar-refractivity contribution in [2.24, 2.45) is 0 Å². The minimum Gasteiger partial charge on any atom is -0.491 e. The lowest BCUT2D eigenvalue weighted by molar-refractivity contribution is -0.108. The van der Waals surface area contributed by atoms with E-state index in [4.69, 9.17) is 99.9 Å². The van der Waals surface area contributed by atoms with E-state index in [0.29, 0.717) is 154 Å². The van der Waals surface area contributed by atoms with E-state index in [1.54, 1.807) is 48.5 Å². The highest BCUT2D eigenvalue weighted by atomic mass is 16.6. The minimum atomic E-state index is -0.472. The molecular weight excluding hydrogens is 1300 g/mol. The van der Waals surface area contributed by atoms with Gasteiger partial charge in [0, 0.05) is 12.8 Å². The smallest absolute Gasteiger partial charge is 0.338 e. The quantitative estimate of drug-likeness (QED) is 0.0225. The Morgan fingerprint density at radius 2 is 0.550 bits per heavy atom. The minimum absolute atomic E-state index is 0.103. The molecule has 564 valence electrons. The van der Waals surface area contributed by atoms with Crippen LogP contribution in [0.2, 0.25) is 0 Å². The predicted octanol–water partition coefficient (Wildman–Crippen LogP) is 10.9. The molecule has 0 aliphatic heterocycles. The van der Waals surface area contributed by atoms with Gasteiger partial charge in [-0.3, -0.25) is 0 Å². The van der Waals surface area contributed by atoms with Gasteiger partial charge < -0.3 is 109 Å². The van der Waals surface area contributed by atoms with Gasteiger partial charge in [0.15, 0.2) is 0 Å². The second kappa shape index (κ2) is 87.0. The summed E-state index contributed by atoms with van der Waals surface area (Å²) in [6.07, 6.45) is 20.6. The Labute approximate surface area is 593 Å². The maximum absolute atomic E-state index is 12.5. The van der Waals surface area contributed by atoms with Crippen molar-refractivity contribution in [3.8, 4) is 23.0 Å². The number of carbonyl (C=O) groups excluding carboxylic acids is 11. The summed E-state index contributed by atoms with van der Waals surface area (Å²) in [5.74, 6) is 1.70. The van der Waals surface area contributed by atoms with Crippen molar-refractivity contribution in [3.63, 3.8) is 0 Å². The third-order valence-corrected chi connectivity index (χ3v) is 12.8. The number of esters is 2. The Balaban J connectivity index is -0.000000958. The van der Waals surface area contributed by atoms with Crippen molar-refractivity contribution in [1.29, 1.82) is 0 Å². The number of hydrogen-bond acceptors (Lipinski definition) is 25. The monoisotopic (exact) mass is 1410 g/mol. The summed E-state index contributed by atoms with van der Waals surface area (Å²) in [6, 6.07) is 29.2. The van der Waals surface area contributed by atoms with Crippen molar-refractivity contribution >= 4 is 72.0 Å². The lowest BCUT2D eigenvalue weighted by Gasteiger charge is -2.10. The van der Waals surface area contributed by atoms with Crippen LogP contribution in [-0.2, 0) is 102 Å². The molecule has 100 heavy (non-hydrogen) atoms. The summed E-state index contributed by atoms with van der Waals surface area (Å²) in [5, 5.41) is 0. The van der Waals surface area contributed by atoms with Crippen molar-refractivity contribution in [2.75, 3.05) is 145 Å².